The monoisotopic (exact) mass is 420 g/mol. The number of benzene rings is 2. The van der Waals surface area contributed by atoms with E-state index in [0.717, 1.165) is 16.1 Å². The zero-order valence-corrected chi connectivity index (χ0v) is 16.8. The Kier molecular flexibility index (Phi) is 5.46. The maximum absolute atomic E-state index is 12.5. The molecule has 0 aromatic heterocycles. The number of nitriles is 1. The molecule has 0 aliphatic carbocycles. The minimum Gasteiger partial charge on any atom is -0.454 e. The van der Waals surface area contributed by atoms with Crippen molar-refractivity contribution in [2.24, 2.45) is 0 Å². The fraction of sp³-hybridized carbons (Fsp3) is 0.136. The molecule has 30 heavy (non-hydrogen) atoms. The summed E-state index contributed by atoms with van der Waals surface area (Å²) >= 11 is 1.34. The number of anilines is 1. The summed E-state index contributed by atoms with van der Waals surface area (Å²) < 4.78 is 15.6. The van der Waals surface area contributed by atoms with Crippen LogP contribution in [0.1, 0.15) is 5.56 Å². The third-order valence-corrected chi connectivity index (χ3v) is 5.73. The second kappa shape index (κ2) is 8.35. The summed E-state index contributed by atoms with van der Waals surface area (Å²) in [6.45, 7) is -0.344. The van der Waals surface area contributed by atoms with Crippen molar-refractivity contribution in [2.45, 2.75) is 4.90 Å². The van der Waals surface area contributed by atoms with E-state index in [1.54, 1.807) is 36.2 Å². The highest BCUT2D eigenvalue weighted by Gasteiger charge is 2.28. The van der Waals surface area contributed by atoms with Gasteiger partial charge in [-0.25, -0.2) is 4.79 Å². The fourth-order valence-electron chi connectivity index (χ4n) is 2.99. The molecule has 4 rings (SSSR count). The van der Waals surface area contributed by atoms with E-state index < -0.39 is 18.4 Å². The topological polar surface area (TPSA) is 88.9 Å². The van der Waals surface area contributed by atoms with Crippen LogP contribution in [0.2, 0.25) is 0 Å². The molecule has 0 saturated carbocycles. The van der Waals surface area contributed by atoms with E-state index in [0.29, 0.717) is 16.5 Å². The number of Topliss-reactive ketones (excluding diaryl/α,β-unsaturated/α-hetero) is 1. The standard InChI is InChI=1S/C22H16N2O5S/c1-24-16-4-2-3-5-20(16)30-22(24)15(11-23)17(25)12-27-21(26)9-7-14-6-8-18-19(10-14)29-13-28-18/h2-10H,12-13H2,1H3/b9-7+,22-15-. The SMILES string of the molecule is CN1/C(=C(\C#N)C(=O)COC(=O)/C=C/c2ccc3c(c2)OCO3)Sc2ccccc21. The molecule has 0 spiro atoms. The van der Waals surface area contributed by atoms with Crippen LogP contribution in [0.4, 0.5) is 5.69 Å². The molecule has 0 fully saturated rings. The van der Waals surface area contributed by atoms with Crippen molar-refractivity contribution in [3.63, 3.8) is 0 Å². The van der Waals surface area contributed by atoms with Crippen molar-refractivity contribution >= 4 is 35.3 Å². The molecule has 0 N–H and O–H groups in total. The van der Waals surface area contributed by atoms with Gasteiger partial charge in [0.2, 0.25) is 12.6 Å². The number of thioether (sulfide) groups is 1. The van der Waals surface area contributed by atoms with Crippen LogP contribution in [0.3, 0.4) is 0 Å². The van der Waals surface area contributed by atoms with Gasteiger partial charge < -0.3 is 19.1 Å². The van der Waals surface area contributed by atoms with E-state index in [-0.39, 0.29) is 12.4 Å². The summed E-state index contributed by atoms with van der Waals surface area (Å²) in [6, 6.07) is 14.8. The number of carbonyl (C=O) groups excluding carboxylic acids is 2. The van der Waals surface area contributed by atoms with Crippen molar-refractivity contribution in [1.82, 2.24) is 0 Å². The lowest BCUT2D eigenvalue weighted by Crippen LogP contribution is -2.19. The van der Waals surface area contributed by atoms with Gasteiger partial charge in [-0.2, -0.15) is 5.26 Å². The summed E-state index contributed by atoms with van der Waals surface area (Å²) in [7, 11) is 1.79. The quantitative estimate of drug-likeness (QED) is 0.412. The Hall–Kier alpha value is -3.70. The molecular formula is C22H16N2O5S. The molecule has 0 amide bonds. The van der Waals surface area contributed by atoms with E-state index in [1.807, 2.05) is 30.3 Å². The van der Waals surface area contributed by atoms with Crippen LogP contribution >= 0.6 is 11.8 Å². The van der Waals surface area contributed by atoms with E-state index in [2.05, 4.69) is 0 Å². The molecule has 0 radical (unpaired) electrons. The first-order valence-electron chi connectivity index (χ1n) is 8.99. The lowest BCUT2D eigenvalue weighted by molar-refractivity contribution is -0.141. The summed E-state index contributed by atoms with van der Waals surface area (Å²) in [5, 5.41) is 10.0. The Balaban J connectivity index is 1.39. The minimum absolute atomic E-state index is 0.0359. The summed E-state index contributed by atoms with van der Waals surface area (Å²) in [6.07, 6.45) is 2.77. The first-order valence-corrected chi connectivity index (χ1v) is 9.81. The van der Waals surface area contributed by atoms with Crippen LogP contribution in [0.15, 0.2) is 64.0 Å². The van der Waals surface area contributed by atoms with E-state index >= 15 is 0 Å². The normalized spacial score (nSPS) is 15.7. The molecule has 0 atom stereocenters. The molecule has 0 bridgehead atoms. The summed E-state index contributed by atoms with van der Waals surface area (Å²) in [5.41, 5.74) is 1.61. The van der Waals surface area contributed by atoms with Gasteiger partial charge >= 0.3 is 5.97 Å². The average Bonchev–Trinajstić information content (AvgIpc) is 3.36. The predicted molar refractivity (Wildman–Crippen MR) is 111 cm³/mol. The maximum atomic E-state index is 12.5. The second-order valence-corrected chi connectivity index (χ2v) is 7.43. The molecule has 150 valence electrons. The Labute approximate surface area is 177 Å². The van der Waals surface area contributed by atoms with Crippen molar-refractivity contribution in [1.29, 1.82) is 5.26 Å². The number of fused-ring (bicyclic) bond motifs is 2. The highest BCUT2D eigenvalue weighted by atomic mass is 32.2. The van der Waals surface area contributed by atoms with Gasteiger partial charge in [-0.05, 0) is 35.9 Å². The molecule has 7 nitrogen and oxygen atoms in total. The van der Waals surface area contributed by atoms with E-state index in [1.165, 1.54) is 17.8 Å². The van der Waals surface area contributed by atoms with Gasteiger partial charge in [-0.3, -0.25) is 4.79 Å². The molecule has 0 saturated heterocycles. The number of rotatable bonds is 5. The highest BCUT2D eigenvalue weighted by molar-refractivity contribution is 8.03. The Morgan fingerprint density at radius 3 is 2.83 bits per heavy atom. The second-order valence-electron chi connectivity index (χ2n) is 6.40. The van der Waals surface area contributed by atoms with Crippen LogP contribution in [0.5, 0.6) is 11.5 Å². The number of nitrogens with zero attached hydrogens (tertiary/aromatic N) is 2. The lowest BCUT2D eigenvalue weighted by Gasteiger charge is -2.14. The van der Waals surface area contributed by atoms with Crippen LogP contribution in [0.25, 0.3) is 6.08 Å². The molecule has 2 aliphatic heterocycles. The van der Waals surface area contributed by atoms with Crippen molar-refractivity contribution in [2.75, 3.05) is 25.3 Å². The first-order chi connectivity index (χ1) is 14.6. The van der Waals surface area contributed by atoms with Crippen LogP contribution in [0, 0.1) is 11.3 Å². The van der Waals surface area contributed by atoms with Gasteiger partial charge in [0.15, 0.2) is 18.1 Å². The average molecular weight is 420 g/mol. The fourth-order valence-corrected chi connectivity index (χ4v) is 4.15. The van der Waals surface area contributed by atoms with Crippen molar-refractivity contribution < 1.29 is 23.8 Å². The Morgan fingerprint density at radius 1 is 1.23 bits per heavy atom. The molecule has 2 aromatic carbocycles. The third kappa shape index (κ3) is 3.88. The Bertz CT molecular complexity index is 1130. The smallest absolute Gasteiger partial charge is 0.331 e. The molecule has 2 aromatic rings. The zero-order valence-electron chi connectivity index (χ0n) is 16.0. The van der Waals surface area contributed by atoms with Crippen LogP contribution in [-0.4, -0.2) is 32.2 Å². The maximum Gasteiger partial charge on any atom is 0.331 e. The molecule has 2 aliphatic rings. The van der Waals surface area contributed by atoms with E-state index in [4.69, 9.17) is 14.2 Å². The molecule has 0 unspecified atom stereocenters. The van der Waals surface area contributed by atoms with Gasteiger partial charge in [-0.15, -0.1) is 0 Å². The lowest BCUT2D eigenvalue weighted by atomic mass is 10.2. The highest BCUT2D eigenvalue weighted by Crippen LogP contribution is 2.46. The number of ether oxygens (including phenoxy) is 3. The molecular weight excluding hydrogens is 404 g/mol. The number of esters is 1. The number of para-hydroxylation sites is 1. The predicted octanol–water partition coefficient (Wildman–Crippen LogP) is 3.52. The molecule has 2 heterocycles. The number of hydrogen-bond donors (Lipinski definition) is 0. The van der Waals surface area contributed by atoms with Crippen LogP contribution < -0.4 is 14.4 Å². The number of hydrogen-bond acceptors (Lipinski definition) is 8. The summed E-state index contributed by atoms with van der Waals surface area (Å²) in [4.78, 5) is 27.3. The van der Waals surface area contributed by atoms with Gasteiger partial charge in [0.1, 0.15) is 16.7 Å². The van der Waals surface area contributed by atoms with Crippen LogP contribution in [-0.2, 0) is 14.3 Å². The molecule has 8 heteroatoms. The van der Waals surface area contributed by atoms with Gasteiger partial charge in [0.25, 0.3) is 0 Å². The zero-order chi connectivity index (χ0) is 21.1. The minimum atomic E-state index is -0.681. The number of carbonyl (C=O) groups is 2. The Morgan fingerprint density at radius 2 is 2.03 bits per heavy atom. The first kappa shape index (κ1) is 19.6. The van der Waals surface area contributed by atoms with Crippen molar-refractivity contribution in [3.05, 3.63) is 64.7 Å². The van der Waals surface area contributed by atoms with Gasteiger partial charge in [0.05, 0.1) is 5.69 Å². The number of ketones is 1. The largest absolute Gasteiger partial charge is 0.454 e. The summed E-state index contributed by atoms with van der Waals surface area (Å²) in [5.74, 6) is 0.0166. The van der Waals surface area contributed by atoms with Crippen molar-refractivity contribution in [3.8, 4) is 17.6 Å². The van der Waals surface area contributed by atoms with E-state index in [9.17, 15) is 14.9 Å². The van der Waals surface area contributed by atoms with Gasteiger partial charge in [-0.1, -0.05) is 30.0 Å². The van der Waals surface area contributed by atoms with Gasteiger partial charge in [0, 0.05) is 18.0 Å². The third-order valence-electron chi connectivity index (χ3n) is 4.50.